The summed E-state index contributed by atoms with van der Waals surface area (Å²) in [6, 6.07) is 10.4. The molecule has 4 N–H and O–H groups in total. The molecule has 0 bridgehead atoms. The molecule has 4 aromatic carbocycles. The zero-order chi connectivity index (χ0) is 35.1. The summed E-state index contributed by atoms with van der Waals surface area (Å²) in [6.45, 7) is 3.41. The summed E-state index contributed by atoms with van der Waals surface area (Å²) in [7, 11) is 0. The number of rotatable bonds is 10. The molecule has 0 unspecified atom stereocenters. The average Bonchev–Trinajstić information content (AvgIpc) is 3.00. The lowest BCUT2D eigenvalue weighted by Gasteiger charge is -2.26. The topological polar surface area (TPSA) is 168 Å². The zero-order valence-electron chi connectivity index (χ0n) is 23.6. The molecule has 0 saturated heterocycles. The van der Waals surface area contributed by atoms with Crippen LogP contribution in [0, 0.1) is 34.9 Å². The van der Waals surface area contributed by atoms with Gasteiger partial charge in [-0.05, 0) is 35.4 Å². The molecule has 16 heteroatoms. The van der Waals surface area contributed by atoms with Gasteiger partial charge in [0, 0.05) is 5.41 Å². The van der Waals surface area contributed by atoms with E-state index < -0.39 is 97.9 Å². The maximum absolute atomic E-state index is 14.8. The molecule has 47 heavy (non-hydrogen) atoms. The van der Waals surface area contributed by atoms with Gasteiger partial charge in [-0.2, -0.15) is 8.78 Å². The zero-order valence-corrected chi connectivity index (χ0v) is 23.6. The van der Waals surface area contributed by atoms with Gasteiger partial charge in [-0.25, -0.2) is 36.7 Å². The van der Waals surface area contributed by atoms with Crippen LogP contribution >= 0.6 is 0 Å². The van der Waals surface area contributed by atoms with Crippen molar-refractivity contribution < 1.29 is 75.4 Å². The molecule has 0 aliphatic rings. The van der Waals surface area contributed by atoms with Crippen molar-refractivity contribution in [2.45, 2.75) is 19.3 Å². The highest BCUT2D eigenvalue weighted by Crippen LogP contribution is 2.39. The van der Waals surface area contributed by atoms with Crippen LogP contribution in [0.1, 0.15) is 66.4 Å². The molecule has 0 aliphatic heterocycles. The first kappa shape index (κ1) is 33.8. The Balaban J connectivity index is 1.62. The molecule has 0 amide bonds. The fourth-order valence-corrected chi connectivity index (χ4v) is 4.54. The van der Waals surface area contributed by atoms with Gasteiger partial charge in [0.05, 0.1) is 0 Å². The first-order chi connectivity index (χ1) is 21.9. The number of carboxylic acids is 4. The van der Waals surface area contributed by atoms with Crippen LogP contribution in [0.5, 0.6) is 23.0 Å². The van der Waals surface area contributed by atoms with E-state index >= 15 is 0 Å². The number of ether oxygens (including phenoxy) is 2. The molecule has 0 radical (unpaired) electrons. The van der Waals surface area contributed by atoms with Gasteiger partial charge in [0.15, 0.2) is 23.3 Å². The number of benzene rings is 4. The molecule has 0 aliphatic carbocycles. The molecule has 10 nitrogen and oxygen atoms in total. The highest BCUT2D eigenvalue weighted by molar-refractivity contribution is 6.03. The number of carboxylic acid groups (broad SMARTS) is 4. The maximum Gasteiger partial charge on any atom is 0.339 e. The van der Waals surface area contributed by atoms with Gasteiger partial charge in [0.1, 0.15) is 33.8 Å². The van der Waals surface area contributed by atoms with Crippen LogP contribution in [0.25, 0.3) is 0 Å². The van der Waals surface area contributed by atoms with Gasteiger partial charge in [0.25, 0.3) is 0 Å². The quantitative estimate of drug-likeness (QED) is 0.100. The van der Waals surface area contributed by atoms with E-state index in [1.807, 2.05) is 0 Å². The van der Waals surface area contributed by atoms with E-state index in [9.17, 15) is 55.7 Å². The van der Waals surface area contributed by atoms with Gasteiger partial charge in [-0.15, -0.1) is 0 Å². The third-order valence-electron chi connectivity index (χ3n) is 7.01. The Morgan fingerprint density at radius 3 is 0.979 bits per heavy atom. The van der Waals surface area contributed by atoms with E-state index in [0.717, 1.165) is 0 Å². The monoisotopic (exact) mass is 664 g/mol. The van der Waals surface area contributed by atoms with E-state index in [0.29, 0.717) is 11.1 Å². The van der Waals surface area contributed by atoms with Crippen LogP contribution in [0.3, 0.4) is 0 Å². The highest BCUT2D eigenvalue weighted by Gasteiger charge is 2.35. The molecular formula is C31H18F6O10. The second-order valence-corrected chi connectivity index (χ2v) is 10.1. The molecule has 0 heterocycles. The Morgan fingerprint density at radius 1 is 0.468 bits per heavy atom. The number of aromatic carboxylic acids is 4. The Hall–Kier alpha value is -6.06. The van der Waals surface area contributed by atoms with E-state index in [1.54, 1.807) is 13.8 Å². The average molecular weight is 664 g/mol. The van der Waals surface area contributed by atoms with Crippen molar-refractivity contribution in [2.75, 3.05) is 0 Å². The van der Waals surface area contributed by atoms with Crippen LogP contribution < -0.4 is 9.47 Å². The Bertz CT molecular complexity index is 1830. The van der Waals surface area contributed by atoms with Crippen molar-refractivity contribution in [1.82, 2.24) is 0 Å². The van der Waals surface area contributed by atoms with Crippen molar-refractivity contribution in [2.24, 2.45) is 0 Å². The molecular weight excluding hydrogens is 646 g/mol. The van der Waals surface area contributed by atoms with Crippen molar-refractivity contribution in [1.29, 1.82) is 0 Å². The van der Waals surface area contributed by atoms with E-state index in [-0.39, 0.29) is 11.5 Å². The van der Waals surface area contributed by atoms with E-state index in [4.69, 9.17) is 19.7 Å². The lowest BCUT2D eigenvalue weighted by molar-refractivity contribution is 0.0640. The highest BCUT2D eigenvalue weighted by atomic mass is 19.2. The maximum atomic E-state index is 14.8. The Kier molecular flexibility index (Phi) is 8.91. The summed E-state index contributed by atoms with van der Waals surface area (Å²) in [5.41, 5.74) is -6.59. The first-order valence-corrected chi connectivity index (χ1v) is 12.8. The van der Waals surface area contributed by atoms with Crippen molar-refractivity contribution in [3.63, 3.8) is 0 Å². The van der Waals surface area contributed by atoms with Crippen LogP contribution in [-0.4, -0.2) is 44.3 Å². The molecule has 0 atom stereocenters. The van der Waals surface area contributed by atoms with Crippen LogP contribution in [-0.2, 0) is 5.41 Å². The predicted octanol–water partition coefficient (Wildman–Crippen LogP) is 7.22. The third-order valence-corrected chi connectivity index (χ3v) is 7.01. The summed E-state index contributed by atoms with van der Waals surface area (Å²) < 4.78 is 97.4. The SMILES string of the molecule is CC(C)(c1ccc(Oc2c(F)c(F)c(C(=O)O)c(C(=O)O)c2F)cc1)c1ccc(Oc2c(F)c(F)c(C(=O)O)c(C(=O)O)c2F)cc1. The molecule has 4 rings (SSSR count). The fraction of sp³-hybridized carbons (Fsp3) is 0.0968. The standard InChI is InChI=1S/C31H18F6O10/c1-31(2,11-3-7-13(8-4-11)46-25-21(34)17(29(42)43)15(27(38)39)19(32)23(25)36)12-5-9-14(10-6-12)47-26-22(35)18(30(44)45)16(28(40)41)20(33)24(26)37/h3-10H,1-2H3,(H,38,39)(H,40,41)(H,42,43)(H,44,45). The second-order valence-electron chi connectivity index (χ2n) is 10.1. The fourth-order valence-electron chi connectivity index (χ4n) is 4.54. The smallest absolute Gasteiger partial charge is 0.339 e. The van der Waals surface area contributed by atoms with Gasteiger partial charge in [-0.1, -0.05) is 38.1 Å². The van der Waals surface area contributed by atoms with Crippen LogP contribution in [0.2, 0.25) is 0 Å². The number of hydrogen-bond acceptors (Lipinski definition) is 6. The largest absolute Gasteiger partial charge is 0.478 e. The van der Waals surface area contributed by atoms with Crippen molar-refractivity contribution in [3.05, 3.63) is 117 Å². The summed E-state index contributed by atoms with van der Waals surface area (Å²) in [5.74, 6) is -24.7. The molecule has 0 saturated carbocycles. The Morgan fingerprint density at radius 2 is 0.723 bits per heavy atom. The summed E-state index contributed by atoms with van der Waals surface area (Å²) in [6.07, 6.45) is 0. The molecule has 4 aromatic rings. The van der Waals surface area contributed by atoms with E-state index in [1.165, 1.54) is 48.5 Å². The van der Waals surface area contributed by atoms with Crippen LogP contribution in [0.4, 0.5) is 26.3 Å². The van der Waals surface area contributed by atoms with Crippen molar-refractivity contribution in [3.8, 4) is 23.0 Å². The summed E-state index contributed by atoms with van der Waals surface area (Å²) >= 11 is 0. The van der Waals surface area contributed by atoms with Gasteiger partial charge in [-0.3, -0.25) is 0 Å². The Labute approximate surface area is 258 Å². The van der Waals surface area contributed by atoms with Gasteiger partial charge >= 0.3 is 23.9 Å². The lowest BCUT2D eigenvalue weighted by Crippen LogP contribution is -2.19. The minimum Gasteiger partial charge on any atom is -0.478 e. The third kappa shape index (κ3) is 5.99. The van der Waals surface area contributed by atoms with Gasteiger partial charge < -0.3 is 29.9 Å². The molecule has 0 spiro atoms. The molecule has 244 valence electrons. The second kappa shape index (κ2) is 12.4. The number of hydrogen-bond donors (Lipinski definition) is 4. The summed E-state index contributed by atoms with van der Waals surface area (Å²) in [4.78, 5) is 45.2. The lowest BCUT2D eigenvalue weighted by atomic mass is 9.78. The first-order valence-electron chi connectivity index (χ1n) is 12.8. The van der Waals surface area contributed by atoms with Gasteiger partial charge in [0.2, 0.25) is 23.1 Å². The summed E-state index contributed by atoms with van der Waals surface area (Å²) in [5, 5.41) is 36.4. The predicted molar refractivity (Wildman–Crippen MR) is 146 cm³/mol. The normalized spacial score (nSPS) is 11.2. The number of carbonyl (C=O) groups is 4. The van der Waals surface area contributed by atoms with E-state index in [2.05, 4.69) is 0 Å². The minimum absolute atomic E-state index is 0.296. The molecule has 0 fully saturated rings. The van der Waals surface area contributed by atoms with Crippen LogP contribution in [0.15, 0.2) is 48.5 Å². The van der Waals surface area contributed by atoms with Crippen molar-refractivity contribution >= 4 is 23.9 Å². The number of halogens is 6. The molecule has 0 aromatic heterocycles. The minimum atomic E-state index is -2.22.